The number of fused-ring (bicyclic) bond motifs is 2. The number of likely N-dealkylation sites (tertiary alicyclic amines) is 1. The number of rotatable bonds is 9. The van der Waals surface area contributed by atoms with Crippen molar-refractivity contribution in [2.24, 2.45) is 0 Å². The van der Waals surface area contributed by atoms with Gasteiger partial charge in [0.05, 0.1) is 0 Å². The maximum Gasteiger partial charge on any atom is 0.328 e. The van der Waals surface area contributed by atoms with Gasteiger partial charge in [-0.2, -0.15) is 0 Å². The number of carboxylic acid groups (broad SMARTS) is 2. The van der Waals surface area contributed by atoms with Crippen LogP contribution < -0.4 is 0 Å². The summed E-state index contributed by atoms with van der Waals surface area (Å²) in [6.45, 7) is 10.0. The van der Waals surface area contributed by atoms with E-state index in [4.69, 9.17) is 10.2 Å². The fourth-order valence-electron chi connectivity index (χ4n) is 6.30. The van der Waals surface area contributed by atoms with Crippen LogP contribution in [0.3, 0.4) is 0 Å². The number of hydrogen-bond acceptors (Lipinski definition) is 4. The summed E-state index contributed by atoms with van der Waals surface area (Å²) in [5.41, 5.74) is 11.3. The van der Waals surface area contributed by atoms with Crippen LogP contribution in [-0.4, -0.2) is 52.5 Å². The first kappa shape index (κ1) is 34.6. The van der Waals surface area contributed by atoms with Crippen LogP contribution in [0.15, 0.2) is 90.5 Å². The molecule has 0 unspecified atom stereocenters. The minimum absolute atomic E-state index is 0.123. The molecule has 3 aromatic carbocycles. The molecule has 0 bridgehead atoms. The maximum atomic E-state index is 12.6. The summed E-state index contributed by atoms with van der Waals surface area (Å²) in [4.78, 5) is 34.4. The van der Waals surface area contributed by atoms with Gasteiger partial charge in [-0.05, 0) is 83.9 Å². The average Bonchev–Trinajstić information content (AvgIpc) is 3.21. The van der Waals surface area contributed by atoms with E-state index in [1.165, 1.54) is 39.8 Å². The van der Waals surface area contributed by atoms with Crippen molar-refractivity contribution in [3.8, 4) is 0 Å². The molecule has 1 aliphatic carbocycles. The normalized spacial score (nSPS) is 14.9. The fraction of sp³-hybridized carbons (Fsp3) is 0.375. The van der Waals surface area contributed by atoms with Crippen molar-refractivity contribution in [2.75, 3.05) is 19.6 Å². The quantitative estimate of drug-likeness (QED) is 0.142. The Morgan fingerprint density at radius 1 is 0.696 bits per heavy atom. The topological polar surface area (TPSA) is 94.9 Å². The molecule has 0 spiro atoms. The SMILES string of the molecule is CC(C)(C)c1ccc(C(=O)CCCCCN2CCC(=C3c4ccccc4CCc4ccccc43)CC2)cc1.O=C(O)C=CC(=O)O. The number of aliphatic carboxylic acids is 2. The highest BCUT2D eigenvalue weighted by Crippen LogP contribution is 2.38. The van der Waals surface area contributed by atoms with E-state index in [9.17, 15) is 14.4 Å². The number of unbranched alkanes of at least 4 members (excludes halogenated alkanes) is 2. The number of hydrogen-bond donors (Lipinski definition) is 2. The van der Waals surface area contributed by atoms with Crippen molar-refractivity contribution in [3.05, 3.63) is 124 Å². The second-order valence-electron chi connectivity index (χ2n) is 13.2. The fourth-order valence-corrected chi connectivity index (χ4v) is 6.30. The lowest BCUT2D eigenvalue weighted by Gasteiger charge is -2.30. The zero-order valence-electron chi connectivity index (χ0n) is 27.4. The Bertz CT molecular complexity index is 1500. The van der Waals surface area contributed by atoms with Crippen molar-refractivity contribution >= 4 is 23.3 Å². The summed E-state index contributed by atoms with van der Waals surface area (Å²) in [6.07, 6.45) is 9.61. The molecule has 0 amide bonds. The predicted octanol–water partition coefficient (Wildman–Crippen LogP) is 8.14. The molecule has 2 aliphatic rings. The standard InChI is InChI=1S/C36H43NO.C4H4O4/c1-36(2,3)31-20-18-29(19-21-31)34(38)15-5-4-10-24-37-25-22-30(23-26-37)35-32-13-8-6-11-27(32)16-17-28-12-7-9-14-33(28)35;5-3(6)1-2-4(7)8/h6-9,11-14,18-21H,4-5,10,15-17,22-26H2,1-3H3;1-2H,(H,5,6)(H,7,8). The van der Waals surface area contributed by atoms with E-state index < -0.39 is 11.9 Å². The Morgan fingerprint density at radius 2 is 1.22 bits per heavy atom. The number of benzene rings is 3. The second-order valence-corrected chi connectivity index (χ2v) is 13.2. The molecular weight excluding hydrogens is 574 g/mol. The van der Waals surface area contributed by atoms with Crippen LogP contribution in [0.4, 0.5) is 0 Å². The number of carbonyl (C=O) groups excluding carboxylic acids is 1. The Balaban J connectivity index is 0.000000533. The Kier molecular flexibility index (Phi) is 12.3. The Hall–Kier alpha value is -4.29. The van der Waals surface area contributed by atoms with Gasteiger partial charge >= 0.3 is 11.9 Å². The van der Waals surface area contributed by atoms with Crippen LogP contribution in [-0.2, 0) is 27.8 Å². The van der Waals surface area contributed by atoms with Crippen LogP contribution >= 0.6 is 0 Å². The predicted molar refractivity (Wildman–Crippen MR) is 184 cm³/mol. The van der Waals surface area contributed by atoms with Gasteiger partial charge in [0.15, 0.2) is 5.78 Å². The number of aryl methyl sites for hydroxylation is 2. The number of Topliss-reactive ketones (excluding diaryl/α,β-unsaturated/α-hetero) is 1. The number of carboxylic acids is 2. The van der Waals surface area contributed by atoms with Gasteiger partial charge in [-0.1, -0.05) is 106 Å². The highest BCUT2D eigenvalue weighted by molar-refractivity contribution is 5.96. The van der Waals surface area contributed by atoms with E-state index >= 15 is 0 Å². The molecule has 1 saturated heterocycles. The van der Waals surface area contributed by atoms with Gasteiger partial charge in [0, 0.05) is 37.2 Å². The van der Waals surface area contributed by atoms with E-state index in [-0.39, 0.29) is 11.2 Å². The molecule has 46 heavy (non-hydrogen) atoms. The molecule has 5 rings (SSSR count). The van der Waals surface area contributed by atoms with Crippen LogP contribution in [0.5, 0.6) is 0 Å². The lowest BCUT2D eigenvalue weighted by molar-refractivity contribution is -0.134. The summed E-state index contributed by atoms with van der Waals surface area (Å²) < 4.78 is 0. The van der Waals surface area contributed by atoms with Crippen LogP contribution in [0.1, 0.15) is 97.5 Å². The third kappa shape index (κ3) is 9.85. The van der Waals surface area contributed by atoms with Gasteiger partial charge in [0.2, 0.25) is 0 Å². The molecule has 0 radical (unpaired) electrons. The summed E-state index contributed by atoms with van der Waals surface area (Å²) in [6, 6.07) is 26.3. The monoisotopic (exact) mass is 621 g/mol. The van der Waals surface area contributed by atoms with E-state index in [1.54, 1.807) is 5.57 Å². The second kappa shape index (κ2) is 16.3. The highest BCUT2D eigenvalue weighted by Gasteiger charge is 2.23. The highest BCUT2D eigenvalue weighted by atomic mass is 16.4. The first-order valence-electron chi connectivity index (χ1n) is 16.4. The van der Waals surface area contributed by atoms with Crippen molar-refractivity contribution in [2.45, 2.75) is 77.6 Å². The number of ketones is 1. The smallest absolute Gasteiger partial charge is 0.328 e. The molecule has 1 heterocycles. The molecule has 0 aromatic heterocycles. The third-order valence-electron chi connectivity index (χ3n) is 8.87. The molecule has 0 saturated carbocycles. The summed E-state index contributed by atoms with van der Waals surface area (Å²) in [7, 11) is 0. The van der Waals surface area contributed by atoms with Gasteiger partial charge in [-0.25, -0.2) is 9.59 Å². The largest absolute Gasteiger partial charge is 0.478 e. The molecule has 2 N–H and O–H groups in total. The molecule has 1 aliphatic heterocycles. The van der Waals surface area contributed by atoms with Gasteiger partial charge < -0.3 is 15.1 Å². The van der Waals surface area contributed by atoms with Crippen LogP contribution in [0.2, 0.25) is 0 Å². The van der Waals surface area contributed by atoms with Crippen molar-refractivity contribution in [1.29, 1.82) is 0 Å². The Labute approximate surface area is 273 Å². The van der Waals surface area contributed by atoms with Crippen LogP contribution in [0, 0.1) is 0 Å². The molecule has 242 valence electrons. The third-order valence-corrected chi connectivity index (χ3v) is 8.87. The summed E-state index contributed by atoms with van der Waals surface area (Å²) >= 11 is 0. The number of nitrogens with zero attached hydrogens (tertiary/aromatic N) is 1. The number of piperidine rings is 1. The first-order valence-corrected chi connectivity index (χ1v) is 16.4. The molecule has 6 nitrogen and oxygen atoms in total. The van der Waals surface area contributed by atoms with Gasteiger partial charge in [0.25, 0.3) is 0 Å². The summed E-state index contributed by atoms with van der Waals surface area (Å²) in [5, 5.41) is 15.6. The van der Waals surface area contributed by atoms with Gasteiger partial charge in [0.1, 0.15) is 0 Å². The average molecular weight is 622 g/mol. The minimum Gasteiger partial charge on any atom is -0.478 e. The molecule has 6 heteroatoms. The molecule has 3 aromatic rings. The van der Waals surface area contributed by atoms with Crippen molar-refractivity contribution in [1.82, 2.24) is 4.90 Å². The van der Waals surface area contributed by atoms with E-state index in [0.29, 0.717) is 18.6 Å². The van der Waals surface area contributed by atoms with E-state index in [0.717, 1.165) is 63.7 Å². The molecular formula is C40H47NO5. The van der Waals surface area contributed by atoms with Crippen LogP contribution in [0.25, 0.3) is 5.57 Å². The minimum atomic E-state index is -1.26. The first-order chi connectivity index (χ1) is 22.0. The van der Waals surface area contributed by atoms with Crippen molar-refractivity contribution < 1.29 is 24.6 Å². The molecule has 1 fully saturated rings. The zero-order chi connectivity index (χ0) is 33.1. The number of carbonyl (C=O) groups is 3. The molecule has 0 atom stereocenters. The van der Waals surface area contributed by atoms with Gasteiger partial charge in [-0.15, -0.1) is 0 Å². The maximum absolute atomic E-state index is 12.6. The van der Waals surface area contributed by atoms with Gasteiger partial charge in [-0.3, -0.25) is 4.79 Å². The van der Waals surface area contributed by atoms with E-state index in [1.807, 2.05) is 12.1 Å². The van der Waals surface area contributed by atoms with E-state index in [2.05, 4.69) is 86.3 Å². The zero-order valence-corrected chi connectivity index (χ0v) is 27.4. The Morgan fingerprint density at radius 3 is 1.72 bits per heavy atom. The lowest BCUT2D eigenvalue weighted by atomic mass is 9.86. The van der Waals surface area contributed by atoms with Crippen molar-refractivity contribution in [3.63, 3.8) is 0 Å². The lowest BCUT2D eigenvalue weighted by Crippen LogP contribution is -2.32. The summed E-state index contributed by atoms with van der Waals surface area (Å²) in [5.74, 6) is -2.23.